The molecule has 0 aromatic rings. The Morgan fingerprint density at radius 3 is 1.00 bits per heavy atom. The molecule has 0 bridgehead atoms. The molecule has 96 valence electrons. The second-order valence-corrected chi connectivity index (χ2v) is 4.02. The number of carboxylic acid groups (broad SMARTS) is 2. The largest absolute Gasteiger partial charge is 2.00 e. The van der Waals surface area contributed by atoms with Crippen LogP contribution in [0.3, 0.4) is 0 Å². The van der Waals surface area contributed by atoms with Gasteiger partial charge in [0.2, 0.25) is 0 Å². The first kappa shape index (κ1) is 21.7. The predicted octanol–water partition coefficient (Wildman–Crippen LogP) is -2.50. The van der Waals surface area contributed by atoms with E-state index in [0.717, 1.165) is 0 Å². The molecule has 0 radical (unpaired) electrons. The average molecular weight is 300 g/mol. The normalized spacial score (nSPS) is 13.2. The topological polar surface area (TPSA) is 121 Å². The summed E-state index contributed by atoms with van der Waals surface area (Å²) in [6, 6.07) is 0. The summed E-state index contributed by atoms with van der Waals surface area (Å²) in [4.78, 5) is 19.6. The molecular weight excluding hydrogens is 281 g/mol. The zero-order valence-electron chi connectivity index (χ0n) is 10.5. The summed E-state index contributed by atoms with van der Waals surface area (Å²) in [7, 11) is 0. The molecule has 0 aliphatic carbocycles. The van der Waals surface area contributed by atoms with Crippen LogP contribution in [-0.4, -0.2) is 34.4 Å². The molecule has 2 N–H and O–H groups in total. The molecule has 0 fully saturated rings. The monoisotopic (exact) mass is 298 g/mol. The fourth-order valence-electron chi connectivity index (χ4n) is 0.544. The molecular formula is C10H18O6Zn. The molecule has 6 nitrogen and oxygen atoms in total. The van der Waals surface area contributed by atoms with Gasteiger partial charge in [0, 0.05) is 0 Å². The molecule has 0 aromatic carbocycles. The fraction of sp³-hybridized carbons (Fsp3) is 0.800. The Balaban J connectivity index is -0.000000218. The molecule has 17 heavy (non-hydrogen) atoms. The Labute approximate surface area is 113 Å². The minimum Gasteiger partial charge on any atom is -0.547 e. The molecule has 0 saturated heterocycles. The van der Waals surface area contributed by atoms with Gasteiger partial charge in [-0.1, -0.05) is 27.7 Å². The summed E-state index contributed by atoms with van der Waals surface area (Å²) in [6.45, 7) is 6.45. The van der Waals surface area contributed by atoms with Crippen molar-refractivity contribution in [3.8, 4) is 0 Å². The number of aliphatic hydroxyl groups excluding tert-OH is 2. The van der Waals surface area contributed by atoms with Gasteiger partial charge in [0.15, 0.2) is 0 Å². The number of hydrogen-bond donors (Lipinski definition) is 2. The molecule has 7 heteroatoms. The number of carboxylic acids is 2. The van der Waals surface area contributed by atoms with Crippen molar-refractivity contribution >= 4 is 11.9 Å². The van der Waals surface area contributed by atoms with Gasteiger partial charge in [-0.3, -0.25) is 0 Å². The van der Waals surface area contributed by atoms with Gasteiger partial charge < -0.3 is 30.0 Å². The second kappa shape index (κ2) is 10.6. The summed E-state index contributed by atoms with van der Waals surface area (Å²) < 4.78 is 0. The van der Waals surface area contributed by atoms with Gasteiger partial charge in [-0.25, -0.2) is 0 Å². The third-order valence-corrected chi connectivity index (χ3v) is 1.75. The number of carbonyl (C=O) groups excluding carboxylic acids is 2. The molecule has 0 rings (SSSR count). The minimum atomic E-state index is -1.40. The zero-order chi connectivity index (χ0) is 13.5. The van der Waals surface area contributed by atoms with Crippen LogP contribution in [0.5, 0.6) is 0 Å². The van der Waals surface area contributed by atoms with Crippen molar-refractivity contribution < 1.29 is 49.5 Å². The smallest absolute Gasteiger partial charge is 0.547 e. The van der Waals surface area contributed by atoms with Crippen molar-refractivity contribution in [1.82, 2.24) is 0 Å². The van der Waals surface area contributed by atoms with Crippen molar-refractivity contribution in [3.63, 3.8) is 0 Å². The molecule has 2 atom stereocenters. The van der Waals surface area contributed by atoms with Crippen molar-refractivity contribution in [1.29, 1.82) is 0 Å². The molecule has 0 heterocycles. The maximum atomic E-state index is 9.78. The Morgan fingerprint density at radius 1 is 0.824 bits per heavy atom. The third-order valence-electron chi connectivity index (χ3n) is 1.75. The van der Waals surface area contributed by atoms with E-state index in [1.165, 1.54) is 0 Å². The maximum Gasteiger partial charge on any atom is 2.00 e. The van der Waals surface area contributed by atoms with Crippen LogP contribution in [0.25, 0.3) is 0 Å². The molecule has 0 spiro atoms. The van der Waals surface area contributed by atoms with E-state index in [1.807, 2.05) is 0 Å². The second-order valence-electron chi connectivity index (χ2n) is 4.02. The van der Waals surface area contributed by atoms with Crippen LogP contribution in [0, 0.1) is 11.8 Å². The van der Waals surface area contributed by atoms with Crippen LogP contribution in [0.2, 0.25) is 0 Å². The molecule has 2 unspecified atom stereocenters. The van der Waals surface area contributed by atoms with Crippen LogP contribution >= 0.6 is 0 Å². The molecule has 0 aliphatic rings. The first-order valence-corrected chi connectivity index (χ1v) is 4.89. The van der Waals surface area contributed by atoms with Gasteiger partial charge in [0.05, 0.1) is 24.1 Å². The van der Waals surface area contributed by atoms with Gasteiger partial charge in [-0.15, -0.1) is 0 Å². The van der Waals surface area contributed by atoms with Gasteiger partial charge in [-0.2, -0.15) is 0 Å². The van der Waals surface area contributed by atoms with E-state index >= 15 is 0 Å². The maximum absolute atomic E-state index is 9.78. The zero-order valence-corrected chi connectivity index (χ0v) is 13.5. The summed E-state index contributed by atoms with van der Waals surface area (Å²) in [6.07, 6.45) is -2.65. The molecule has 0 saturated carbocycles. The Hall–Kier alpha value is -0.517. The van der Waals surface area contributed by atoms with Crippen LogP contribution < -0.4 is 10.2 Å². The minimum absolute atomic E-state index is 0. The first-order valence-electron chi connectivity index (χ1n) is 4.89. The Morgan fingerprint density at radius 2 is 1.00 bits per heavy atom. The summed E-state index contributed by atoms with van der Waals surface area (Å²) in [5, 5.41) is 36.6. The van der Waals surface area contributed by atoms with E-state index in [9.17, 15) is 19.8 Å². The molecule has 0 aromatic heterocycles. The van der Waals surface area contributed by atoms with Crippen LogP contribution in [0.1, 0.15) is 27.7 Å². The Bertz CT molecular complexity index is 205. The van der Waals surface area contributed by atoms with Gasteiger partial charge in [0.25, 0.3) is 0 Å². The van der Waals surface area contributed by atoms with E-state index in [-0.39, 0.29) is 31.3 Å². The number of hydrogen-bond acceptors (Lipinski definition) is 6. The van der Waals surface area contributed by atoms with Crippen LogP contribution in [-0.2, 0) is 29.1 Å². The number of rotatable bonds is 4. The van der Waals surface area contributed by atoms with Gasteiger partial charge in [-0.05, 0) is 11.8 Å². The van der Waals surface area contributed by atoms with Crippen molar-refractivity contribution in [2.75, 3.05) is 0 Å². The predicted molar refractivity (Wildman–Crippen MR) is 51.7 cm³/mol. The molecule has 0 aliphatic heterocycles. The van der Waals surface area contributed by atoms with E-state index in [0.29, 0.717) is 0 Å². The van der Waals surface area contributed by atoms with E-state index < -0.39 is 24.1 Å². The summed E-state index contributed by atoms with van der Waals surface area (Å²) in [5.41, 5.74) is 0. The van der Waals surface area contributed by atoms with Gasteiger partial charge in [0.1, 0.15) is 0 Å². The third kappa shape index (κ3) is 11.7. The van der Waals surface area contributed by atoms with E-state index in [2.05, 4.69) is 0 Å². The number of carbonyl (C=O) groups is 2. The quantitative estimate of drug-likeness (QED) is 0.554. The van der Waals surface area contributed by atoms with E-state index in [4.69, 9.17) is 10.2 Å². The van der Waals surface area contributed by atoms with Crippen LogP contribution in [0.4, 0.5) is 0 Å². The van der Waals surface area contributed by atoms with Gasteiger partial charge >= 0.3 is 19.5 Å². The standard InChI is InChI=1S/2C5H10O3.Zn/c2*1-3(2)4(6)5(7)8;/h2*3-4,6H,1-2H3,(H,7,8);/q;;+2/p-2. The van der Waals surface area contributed by atoms with Crippen molar-refractivity contribution in [2.45, 2.75) is 39.9 Å². The number of aliphatic hydroxyl groups is 2. The Kier molecular flexibility index (Phi) is 13.6. The fourth-order valence-corrected chi connectivity index (χ4v) is 0.544. The summed E-state index contributed by atoms with van der Waals surface area (Å²) >= 11 is 0. The van der Waals surface area contributed by atoms with Crippen molar-refractivity contribution in [3.05, 3.63) is 0 Å². The van der Waals surface area contributed by atoms with Crippen molar-refractivity contribution in [2.24, 2.45) is 11.8 Å². The molecule has 0 amide bonds. The summed E-state index contributed by atoms with van der Waals surface area (Å²) in [5.74, 6) is -3.33. The van der Waals surface area contributed by atoms with Crippen LogP contribution in [0.15, 0.2) is 0 Å². The first-order chi connectivity index (χ1) is 7.11. The van der Waals surface area contributed by atoms with E-state index in [1.54, 1.807) is 27.7 Å². The SMILES string of the molecule is CC(C)C(O)C(=O)[O-].CC(C)C(O)C(=O)[O-].[Zn+2]. The average Bonchev–Trinajstić information content (AvgIpc) is 2.15. The number of aliphatic carboxylic acids is 2.